The lowest BCUT2D eigenvalue weighted by molar-refractivity contribution is -0.145. The molecule has 0 saturated carbocycles. The van der Waals surface area contributed by atoms with Crippen LogP contribution in [0.2, 0.25) is 0 Å². The maximum absolute atomic E-state index is 11.5. The van der Waals surface area contributed by atoms with Gasteiger partial charge in [-0.1, -0.05) is 117 Å². The molecule has 0 aromatic heterocycles. The van der Waals surface area contributed by atoms with Gasteiger partial charge in [-0.2, -0.15) is 0 Å². The maximum atomic E-state index is 11.5. The molecule has 4 heteroatoms. The third-order valence-electron chi connectivity index (χ3n) is 5.74. The molecule has 4 nitrogen and oxygen atoms in total. The van der Waals surface area contributed by atoms with Crippen LogP contribution in [-0.4, -0.2) is 39.0 Å². The molecule has 0 spiro atoms. The number of ether oxygens (including phenoxy) is 3. The van der Waals surface area contributed by atoms with Gasteiger partial charge in [0, 0.05) is 13.0 Å². The predicted octanol–water partition coefficient (Wildman–Crippen LogP) is 8.01. The summed E-state index contributed by atoms with van der Waals surface area (Å²) in [7, 11) is 0. The van der Waals surface area contributed by atoms with E-state index in [4.69, 9.17) is 14.2 Å². The van der Waals surface area contributed by atoms with Crippen LogP contribution in [0.25, 0.3) is 0 Å². The van der Waals surface area contributed by atoms with Crippen LogP contribution in [0.1, 0.15) is 136 Å². The SMILES string of the molecule is CCCCCCCCCCCCCCCCOCCOCCOC(=O)CCCCCC. The van der Waals surface area contributed by atoms with Crippen molar-refractivity contribution in [3.05, 3.63) is 0 Å². The second-order valence-electron chi connectivity index (χ2n) is 8.85. The minimum absolute atomic E-state index is 0.103. The lowest BCUT2D eigenvalue weighted by Gasteiger charge is -2.07. The molecule has 31 heavy (non-hydrogen) atoms. The van der Waals surface area contributed by atoms with Crippen LogP contribution in [-0.2, 0) is 19.0 Å². The van der Waals surface area contributed by atoms with Gasteiger partial charge in [0.15, 0.2) is 0 Å². The molecule has 0 bridgehead atoms. The quantitative estimate of drug-likeness (QED) is 0.100. The summed E-state index contributed by atoms with van der Waals surface area (Å²) in [5, 5.41) is 0. The molecule has 0 aromatic carbocycles. The van der Waals surface area contributed by atoms with Crippen molar-refractivity contribution < 1.29 is 19.0 Å². The number of esters is 1. The van der Waals surface area contributed by atoms with Crippen molar-refractivity contribution in [2.24, 2.45) is 0 Å². The van der Waals surface area contributed by atoms with E-state index in [1.807, 2.05) is 0 Å². The van der Waals surface area contributed by atoms with Crippen LogP contribution in [0, 0.1) is 0 Å². The van der Waals surface area contributed by atoms with E-state index in [1.54, 1.807) is 0 Å². The fourth-order valence-electron chi connectivity index (χ4n) is 3.70. The first-order valence-corrected chi connectivity index (χ1v) is 13.6. The Balaban J connectivity index is 3.07. The van der Waals surface area contributed by atoms with Crippen LogP contribution in [0.3, 0.4) is 0 Å². The van der Waals surface area contributed by atoms with E-state index in [-0.39, 0.29) is 5.97 Å². The Morgan fingerprint density at radius 2 is 0.839 bits per heavy atom. The van der Waals surface area contributed by atoms with Crippen molar-refractivity contribution in [3.63, 3.8) is 0 Å². The Kier molecular flexibility index (Phi) is 26.9. The molecule has 0 aliphatic rings. The first-order valence-electron chi connectivity index (χ1n) is 13.6. The fraction of sp³-hybridized carbons (Fsp3) is 0.963. The molecule has 0 fully saturated rings. The van der Waals surface area contributed by atoms with Crippen molar-refractivity contribution in [2.45, 2.75) is 136 Å². The van der Waals surface area contributed by atoms with Gasteiger partial charge in [-0.3, -0.25) is 4.79 Å². The van der Waals surface area contributed by atoms with E-state index in [0.29, 0.717) is 32.8 Å². The van der Waals surface area contributed by atoms with Crippen LogP contribution < -0.4 is 0 Å². The molecule has 0 atom stereocenters. The summed E-state index contributed by atoms with van der Waals surface area (Å²) >= 11 is 0. The molecule has 0 aliphatic carbocycles. The molecule has 0 saturated heterocycles. The van der Waals surface area contributed by atoms with E-state index in [2.05, 4.69) is 13.8 Å². The number of unbranched alkanes of at least 4 members (excludes halogenated alkanes) is 16. The summed E-state index contributed by atoms with van der Waals surface area (Å²) < 4.78 is 16.2. The van der Waals surface area contributed by atoms with Gasteiger partial charge in [-0.15, -0.1) is 0 Å². The number of rotatable bonds is 26. The van der Waals surface area contributed by atoms with Crippen molar-refractivity contribution >= 4 is 5.97 Å². The summed E-state index contributed by atoms with van der Waals surface area (Å²) in [5.41, 5.74) is 0. The van der Waals surface area contributed by atoms with Crippen molar-refractivity contribution in [2.75, 3.05) is 33.0 Å². The highest BCUT2D eigenvalue weighted by atomic mass is 16.6. The molecule has 0 rings (SSSR count). The van der Waals surface area contributed by atoms with Gasteiger partial charge in [0.2, 0.25) is 0 Å². The highest BCUT2D eigenvalue weighted by Crippen LogP contribution is 2.13. The van der Waals surface area contributed by atoms with Gasteiger partial charge < -0.3 is 14.2 Å². The molecule has 0 aromatic rings. The second kappa shape index (κ2) is 27.4. The normalized spacial score (nSPS) is 11.2. The molecule has 0 aliphatic heterocycles. The third-order valence-corrected chi connectivity index (χ3v) is 5.74. The number of hydrogen-bond acceptors (Lipinski definition) is 4. The van der Waals surface area contributed by atoms with E-state index in [0.717, 1.165) is 25.9 Å². The topological polar surface area (TPSA) is 44.8 Å². The third kappa shape index (κ3) is 27.4. The largest absolute Gasteiger partial charge is 0.463 e. The zero-order valence-corrected chi connectivity index (χ0v) is 21.1. The average molecular weight is 443 g/mol. The molecule has 0 amide bonds. The summed E-state index contributed by atoms with van der Waals surface area (Å²) in [6, 6.07) is 0. The molecular weight excluding hydrogens is 388 g/mol. The lowest BCUT2D eigenvalue weighted by atomic mass is 10.0. The molecular formula is C27H54O4. The van der Waals surface area contributed by atoms with Crippen molar-refractivity contribution in [1.29, 1.82) is 0 Å². The first kappa shape index (κ1) is 30.4. The zero-order chi connectivity index (χ0) is 22.7. The minimum atomic E-state index is -0.103. The lowest BCUT2D eigenvalue weighted by Crippen LogP contribution is -2.13. The Morgan fingerprint density at radius 3 is 1.35 bits per heavy atom. The van der Waals surface area contributed by atoms with Gasteiger partial charge in [0.1, 0.15) is 6.61 Å². The van der Waals surface area contributed by atoms with Crippen LogP contribution in [0.5, 0.6) is 0 Å². The Hall–Kier alpha value is -0.610. The number of hydrogen-bond donors (Lipinski definition) is 0. The Morgan fingerprint density at radius 1 is 0.452 bits per heavy atom. The second-order valence-corrected chi connectivity index (χ2v) is 8.85. The summed E-state index contributed by atoms with van der Waals surface area (Å²) in [4.78, 5) is 11.5. The average Bonchev–Trinajstić information content (AvgIpc) is 2.77. The van der Waals surface area contributed by atoms with Gasteiger partial charge >= 0.3 is 5.97 Å². The van der Waals surface area contributed by atoms with Crippen LogP contribution in [0.15, 0.2) is 0 Å². The smallest absolute Gasteiger partial charge is 0.305 e. The van der Waals surface area contributed by atoms with E-state index in [9.17, 15) is 4.79 Å². The molecule has 0 heterocycles. The molecule has 0 radical (unpaired) electrons. The van der Waals surface area contributed by atoms with Gasteiger partial charge in [0.05, 0.1) is 19.8 Å². The van der Waals surface area contributed by atoms with E-state index < -0.39 is 0 Å². The predicted molar refractivity (Wildman–Crippen MR) is 132 cm³/mol. The van der Waals surface area contributed by atoms with Crippen LogP contribution in [0.4, 0.5) is 0 Å². The van der Waals surface area contributed by atoms with Crippen LogP contribution >= 0.6 is 0 Å². The standard InChI is InChI=1S/C27H54O4/c1-3-5-7-9-10-11-12-13-14-15-16-17-18-20-22-29-23-24-30-25-26-31-27(28)21-19-8-6-4-2/h3-26H2,1-2H3. The van der Waals surface area contributed by atoms with Crippen molar-refractivity contribution in [1.82, 2.24) is 0 Å². The molecule has 186 valence electrons. The fourth-order valence-corrected chi connectivity index (χ4v) is 3.70. The van der Waals surface area contributed by atoms with Gasteiger partial charge in [-0.25, -0.2) is 0 Å². The zero-order valence-electron chi connectivity index (χ0n) is 21.1. The maximum Gasteiger partial charge on any atom is 0.305 e. The Bertz CT molecular complexity index is 346. The molecule has 0 N–H and O–H groups in total. The monoisotopic (exact) mass is 442 g/mol. The van der Waals surface area contributed by atoms with Gasteiger partial charge in [0.25, 0.3) is 0 Å². The summed E-state index contributed by atoms with van der Waals surface area (Å²) in [6.45, 7) is 7.29. The summed E-state index contributed by atoms with van der Waals surface area (Å²) in [6.07, 6.45) is 24.3. The summed E-state index contributed by atoms with van der Waals surface area (Å²) in [5.74, 6) is -0.103. The van der Waals surface area contributed by atoms with Crippen molar-refractivity contribution in [3.8, 4) is 0 Å². The van der Waals surface area contributed by atoms with E-state index in [1.165, 1.54) is 96.3 Å². The first-order chi connectivity index (χ1) is 15.3. The van der Waals surface area contributed by atoms with E-state index >= 15 is 0 Å². The highest BCUT2D eigenvalue weighted by molar-refractivity contribution is 5.69. The highest BCUT2D eigenvalue weighted by Gasteiger charge is 2.02. The molecule has 0 unspecified atom stereocenters. The number of carbonyl (C=O) groups is 1. The minimum Gasteiger partial charge on any atom is -0.463 e. The Labute approximate surface area is 194 Å². The van der Waals surface area contributed by atoms with Gasteiger partial charge in [-0.05, 0) is 12.8 Å². The number of carbonyl (C=O) groups excluding carboxylic acids is 1.